The first-order valence-electron chi connectivity index (χ1n) is 11.3. The Hall–Kier alpha value is -3.19. The summed E-state index contributed by atoms with van der Waals surface area (Å²) < 4.78 is 31.1. The Bertz CT molecular complexity index is 1400. The fourth-order valence-electron chi connectivity index (χ4n) is 4.00. The van der Waals surface area contributed by atoms with E-state index in [2.05, 4.69) is 51.5 Å². The van der Waals surface area contributed by atoms with Crippen LogP contribution in [-0.2, 0) is 11.2 Å². The van der Waals surface area contributed by atoms with Gasteiger partial charge in [0.2, 0.25) is 0 Å². The molecule has 3 aromatic carbocycles. The molecule has 0 bridgehead atoms. The highest BCUT2D eigenvalue weighted by Crippen LogP contribution is 2.31. The molecule has 0 fully saturated rings. The minimum atomic E-state index is -2.91. The molecule has 0 amide bonds. The molecule has 0 saturated carbocycles. The Morgan fingerprint density at radius 3 is 2.23 bits per heavy atom. The maximum atomic E-state index is 13.5. The lowest BCUT2D eigenvalue weighted by atomic mass is 9.84. The van der Waals surface area contributed by atoms with E-state index in [1.807, 2.05) is 12.1 Å². The number of aryl methyl sites for hydroxylation is 2. The lowest BCUT2D eigenvalue weighted by Crippen LogP contribution is -2.21. The van der Waals surface area contributed by atoms with Crippen molar-refractivity contribution < 1.29 is 13.5 Å². The lowest BCUT2D eigenvalue weighted by molar-refractivity contribution is -0.0498. The predicted octanol–water partition coefficient (Wildman–Crippen LogP) is 7.19. The highest BCUT2D eigenvalue weighted by molar-refractivity contribution is 7.98. The van der Waals surface area contributed by atoms with E-state index in [0.29, 0.717) is 27.5 Å². The summed E-state index contributed by atoms with van der Waals surface area (Å²) in [6, 6.07) is 17.7. The number of ether oxygens (including phenoxy) is 1. The van der Waals surface area contributed by atoms with Gasteiger partial charge in [-0.05, 0) is 77.9 Å². The van der Waals surface area contributed by atoms with E-state index >= 15 is 0 Å². The molecule has 1 heterocycles. The fourth-order valence-corrected chi connectivity index (χ4v) is 5.21. The van der Waals surface area contributed by atoms with Crippen molar-refractivity contribution in [2.75, 3.05) is 0 Å². The van der Waals surface area contributed by atoms with Crippen molar-refractivity contribution in [2.24, 2.45) is 0 Å². The normalized spacial score (nSPS) is 11.9. The minimum Gasteiger partial charge on any atom is -0.435 e. The van der Waals surface area contributed by atoms with Crippen LogP contribution in [0.25, 0.3) is 16.6 Å². The van der Waals surface area contributed by atoms with Crippen LogP contribution in [0.3, 0.4) is 0 Å². The van der Waals surface area contributed by atoms with Gasteiger partial charge in [0.15, 0.2) is 5.16 Å². The number of thioether (sulfide) groups is 1. The zero-order chi connectivity index (χ0) is 25.3. The monoisotopic (exact) mass is 494 g/mol. The SMILES string of the molecule is Cc1cc(C(C)(C)C)cc(C)c1CSc1nc2ccccc2c(=O)n1-c1ccc(OC(F)F)cc1. The van der Waals surface area contributed by atoms with Gasteiger partial charge in [-0.15, -0.1) is 0 Å². The topological polar surface area (TPSA) is 44.1 Å². The van der Waals surface area contributed by atoms with E-state index in [9.17, 15) is 13.6 Å². The molecular formula is C28H28F2N2O2S. The molecule has 0 aliphatic heterocycles. The fraction of sp³-hybridized carbons (Fsp3) is 0.286. The molecule has 35 heavy (non-hydrogen) atoms. The molecule has 182 valence electrons. The van der Waals surface area contributed by atoms with E-state index in [1.54, 1.807) is 24.3 Å². The van der Waals surface area contributed by atoms with Gasteiger partial charge in [-0.2, -0.15) is 8.78 Å². The van der Waals surface area contributed by atoms with Gasteiger partial charge in [0.1, 0.15) is 5.75 Å². The second-order valence-electron chi connectivity index (χ2n) is 9.55. The number of benzene rings is 3. The third-order valence-corrected chi connectivity index (χ3v) is 6.94. The Kier molecular flexibility index (Phi) is 6.99. The highest BCUT2D eigenvalue weighted by Gasteiger charge is 2.18. The quantitative estimate of drug-likeness (QED) is 0.210. The van der Waals surface area contributed by atoms with Gasteiger partial charge < -0.3 is 4.74 Å². The third-order valence-electron chi connectivity index (χ3n) is 5.97. The molecule has 0 aliphatic rings. The van der Waals surface area contributed by atoms with Gasteiger partial charge in [0, 0.05) is 5.75 Å². The number of hydrogen-bond donors (Lipinski definition) is 0. The standard InChI is InChI=1S/C28H28F2N2O2S/c1-17-14-19(28(3,4)5)15-18(2)23(17)16-35-27-31-24-9-7-6-8-22(24)25(33)32(27)20-10-12-21(13-11-20)34-26(29)30/h6-15,26H,16H2,1-5H3. The summed E-state index contributed by atoms with van der Waals surface area (Å²) >= 11 is 1.48. The van der Waals surface area contributed by atoms with Gasteiger partial charge in [-0.1, -0.05) is 56.8 Å². The average molecular weight is 495 g/mol. The molecule has 4 nitrogen and oxygen atoms in total. The van der Waals surface area contributed by atoms with Crippen molar-refractivity contribution in [2.45, 2.75) is 57.6 Å². The first kappa shape index (κ1) is 24.9. The number of para-hydroxylation sites is 1. The molecule has 0 atom stereocenters. The summed E-state index contributed by atoms with van der Waals surface area (Å²) in [7, 11) is 0. The van der Waals surface area contributed by atoms with Crippen LogP contribution in [0.1, 0.15) is 43.0 Å². The molecule has 0 N–H and O–H groups in total. The average Bonchev–Trinajstić information content (AvgIpc) is 2.78. The second-order valence-corrected chi connectivity index (χ2v) is 10.5. The number of aromatic nitrogens is 2. The summed E-state index contributed by atoms with van der Waals surface area (Å²) in [5, 5.41) is 1.03. The maximum Gasteiger partial charge on any atom is 0.387 e. The van der Waals surface area contributed by atoms with Crippen molar-refractivity contribution in [3.8, 4) is 11.4 Å². The third kappa shape index (κ3) is 5.40. The van der Waals surface area contributed by atoms with E-state index in [4.69, 9.17) is 4.98 Å². The Labute approximate surface area is 208 Å². The summed E-state index contributed by atoms with van der Waals surface area (Å²) in [6.45, 7) is 7.91. The van der Waals surface area contributed by atoms with Gasteiger partial charge in [-0.3, -0.25) is 9.36 Å². The Morgan fingerprint density at radius 1 is 1.00 bits per heavy atom. The number of alkyl halides is 2. The van der Waals surface area contributed by atoms with Crippen molar-refractivity contribution in [3.05, 3.63) is 93.3 Å². The summed E-state index contributed by atoms with van der Waals surface area (Å²) in [5.74, 6) is 0.671. The van der Waals surface area contributed by atoms with E-state index in [-0.39, 0.29) is 16.7 Å². The van der Waals surface area contributed by atoms with Crippen molar-refractivity contribution >= 4 is 22.7 Å². The number of rotatable bonds is 6. The largest absolute Gasteiger partial charge is 0.435 e. The van der Waals surface area contributed by atoms with Crippen molar-refractivity contribution in [3.63, 3.8) is 0 Å². The van der Waals surface area contributed by atoms with Crippen LogP contribution in [0.2, 0.25) is 0 Å². The number of halogens is 2. The summed E-state index contributed by atoms with van der Waals surface area (Å²) in [4.78, 5) is 18.3. The first-order valence-corrected chi connectivity index (χ1v) is 12.3. The van der Waals surface area contributed by atoms with Crippen LogP contribution in [0.15, 0.2) is 70.6 Å². The summed E-state index contributed by atoms with van der Waals surface area (Å²) in [5.41, 5.74) is 5.89. The smallest absolute Gasteiger partial charge is 0.387 e. The molecular weight excluding hydrogens is 466 g/mol. The van der Waals surface area contributed by atoms with Crippen LogP contribution in [0.5, 0.6) is 5.75 Å². The molecule has 4 aromatic rings. The number of hydrogen-bond acceptors (Lipinski definition) is 4. The molecule has 0 radical (unpaired) electrons. The molecule has 0 unspecified atom stereocenters. The van der Waals surface area contributed by atoms with Gasteiger partial charge >= 0.3 is 6.61 Å². The zero-order valence-corrected chi connectivity index (χ0v) is 21.2. The van der Waals surface area contributed by atoms with Gasteiger partial charge in [0.05, 0.1) is 16.6 Å². The molecule has 1 aromatic heterocycles. The highest BCUT2D eigenvalue weighted by atomic mass is 32.2. The predicted molar refractivity (Wildman–Crippen MR) is 138 cm³/mol. The molecule has 0 spiro atoms. The van der Waals surface area contributed by atoms with E-state index in [0.717, 1.165) is 0 Å². The van der Waals surface area contributed by atoms with Gasteiger partial charge in [-0.25, -0.2) is 4.98 Å². The molecule has 4 rings (SSSR count). The molecule has 0 saturated heterocycles. The lowest BCUT2D eigenvalue weighted by Gasteiger charge is -2.22. The minimum absolute atomic E-state index is 0.0324. The van der Waals surface area contributed by atoms with E-state index in [1.165, 1.54) is 50.7 Å². The number of fused-ring (bicyclic) bond motifs is 1. The van der Waals surface area contributed by atoms with Crippen LogP contribution in [0, 0.1) is 13.8 Å². The Balaban J connectivity index is 1.76. The zero-order valence-electron chi connectivity index (χ0n) is 20.4. The summed E-state index contributed by atoms with van der Waals surface area (Å²) in [6.07, 6.45) is 0. The van der Waals surface area contributed by atoms with Crippen LogP contribution in [-0.4, -0.2) is 16.2 Å². The second kappa shape index (κ2) is 9.82. The number of nitrogens with zero attached hydrogens (tertiary/aromatic N) is 2. The van der Waals surface area contributed by atoms with Crippen LogP contribution in [0.4, 0.5) is 8.78 Å². The molecule has 0 aliphatic carbocycles. The van der Waals surface area contributed by atoms with Crippen molar-refractivity contribution in [1.82, 2.24) is 9.55 Å². The molecule has 7 heteroatoms. The first-order chi connectivity index (χ1) is 16.5. The Morgan fingerprint density at radius 2 is 1.63 bits per heavy atom. The van der Waals surface area contributed by atoms with Crippen LogP contribution >= 0.6 is 11.8 Å². The van der Waals surface area contributed by atoms with Crippen molar-refractivity contribution in [1.29, 1.82) is 0 Å². The van der Waals surface area contributed by atoms with E-state index < -0.39 is 6.61 Å². The van der Waals surface area contributed by atoms with Gasteiger partial charge in [0.25, 0.3) is 5.56 Å². The maximum absolute atomic E-state index is 13.5. The van der Waals surface area contributed by atoms with Crippen LogP contribution < -0.4 is 10.3 Å².